The van der Waals surface area contributed by atoms with Crippen LogP contribution in [-0.4, -0.2) is 18.9 Å². The molecule has 0 fully saturated rings. The zero-order valence-corrected chi connectivity index (χ0v) is 10.5. The second kappa shape index (κ2) is 6.03. The number of nitrogens with one attached hydrogen (secondary N) is 2. The number of rotatable bonds is 3. The van der Waals surface area contributed by atoms with Crippen LogP contribution in [0.25, 0.3) is 0 Å². The van der Waals surface area contributed by atoms with E-state index < -0.39 is 11.8 Å². The van der Waals surface area contributed by atoms with Gasteiger partial charge in [0.15, 0.2) is 0 Å². The van der Waals surface area contributed by atoms with Crippen molar-refractivity contribution in [3.05, 3.63) is 29.3 Å². The number of para-hydroxylation sites is 1. The molecule has 0 spiro atoms. The summed E-state index contributed by atoms with van der Waals surface area (Å²) in [6, 6.07) is 5.88. The van der Waals surface area contributed by atoms with E-state index in [4.69, 9.17) is 0 Å². The minimum absolute atomic E-state index is 0.622. The molecular weight excluding hydrogens is 216 g/mol. The monoisotopic (exact) mass is 234 g/mol. The number of benzene rings is 1. The van der Waals surface area contributed by atoms with Crippen LogP contribution in [-0.2, 0) is 22.4 Å². The fourth-order valence-corrected chi connectivity index (χ4v) is 1.69. The Morgan fingerprint density at radius 2 is 1.59 bits per heavy atom. The van der Waals surface area contributed by atoms with Gasteiger partial charge in [-0.15, -0.1) is 0 Å². The Morgan fingerprint density at radius 1 is 1.06 bits per heavy atom. The molecule has 0 bridgehead atoms. The maximum atomic E-state index is 11.6. The number of amides is 2. The van der Waals surface area contributed by atoms with Gasteiger partial charge < -0.3 is 10.6 Å². The third-order valence-corrected chi connectivity index (χ3v) is 2.67. The maximum absolute atomic E-state index is 11.6. The van der Waals surface area contributed by atoms with Gasteiger partial charge in [0.25, 0.3) is 0 Å². The largest absolute Gasteiger partial charge is 0.351 e. The summed E-state index contributed by atoms with van der Waals surface area (Å²) >= 11 is 0. The molecule has 0 aliphatic rings. The first-order chi connectivity index (χ1) is 8.13. The SMILES string of the molecule is CCc1cccc(CC)c1NC(=O)C(=O)NC. The molecule has 0 radical (unpaired) electrons. The Labute approximate surface area is 101 Å². The number of hydrogen-bond donors (Lipinski definition) is 2. The maximum Gasteiger partial charge on any atom is 0.313 e. The van der Waals surface area contributed by atoms with Crippen LogP contribution in [0.2, 0.25) is 0 Å². The first-order valence-corrected chi connectivity index (χ1v) is 5.77. The smallest absolute Gasteiger partial charge is 0.313 e. The van der Waals surface area contributed by atoms with Crippen molar-refractivity contribution in [1.29, 1.82) is 0 Å². The second-order valence-corrected chi connectivity index (χ2v) is 3.69. The van der Waals surface area contributed by atoms with E-state index in [1.165, 1.54) is 7.05 Å². The lowest BCUT2D eigenvalue weighted by atomic mass is 10.0. The van der Waals surface area contributed by atoms with Crippen molar-refractivity contribution in [3.8, 4) is 0 Å². The predicted molar refractivity (Wildman–Crippen MR) is 67.9 cm³/mol. The summed E-state index contributed by atoms with van der Waals surface area (Å²) in [5.74, 6) is -1.25. The van der Waals surface area contributed by atoms with Gasteiger partial charge in [-0.2, -0.15) is 0 Å². The quantitative estimate of drug-likeness (QED) is 0.779. The highest BCUT2D eigenvalue weighted by Crippen LogP contribution is 2.22. The standard InChI is InChI=1S/C13H18N2O2/c1-4-9-7-6-8-10(5-2)11(9)15-13(17)12(16)14-3/h6-8H,4-5H2,1-3H3,(H,14,16)(H,15,17). The molecule has 2 amide bonds. The van der Waals surface area contributed by atoms with Crippen LogP contribution >= 0.6 is 0 Å². The van der Waals surface area contributed by atoms with Crippen LogP contribution in [0.3, 0.4) is 0 Å². The topological polar surface area (TPSA) is 58.2 Å². The molecule has 0 heterocycles. The van der Waals surface area contributed by atoms with Crippen molar-refractivity contribution < 1.29 is 9.59 Å². The number of likely N-dealkylation sites (N-methyl/N-ethyl adjacent to an activating group) is 1. The summed E-state index contributed by atoms with van der Waals surface area (Å²) in [6.45, 7) is 4.04. The number of anilines is 1. The van der Waals surface area contributed by atoms with Gasteiger partial charge in [0.05, 0.1) is 0 Å². The van der Waals surface area contributed by atoms with Crippen molar-refractivity contribution in [3.63, 3.8) is 0 Å². The molecule has 4 nitrogen and oxygen atoms in total. The molecule has 0 saturated heterocycles. The van der Waals surface area contributed by atoms with Crippen LogP contribution in [0.1, 0.15) is 25.0 Å². The average molecular weight is 234 g/mol. The van der Waals surface area contributed by atoms with E-state index in [0.29, 0.717) is 0 Å². The Hall–Kier alpha value is -1.84. The van der Waals surface area contributed by atoms with E-state index in [0.717, 1.165) is 29.7 Å². The second-order valence-electron chi connectivity index (χ2n) is 3.69. The molecule has 4 heteroatoms. The molecule has 0 saturated carbocycles. The van der Waals surface area contributed by atoms with Crippen molar-refractivity contribution >= 4 is 17.5 Å². The van der Waals surface area contributed by atoms with Crippen LogP contribution < -0.4 is 10.6 Å². The summed E-state index contributed by atoms with van der Waals surface area (Å²) in [4.78, 5) is 22.7. The zero-order valence-electron chi connectivity index (χ0n) is 10.5. The zero-order chi connectivity index (χ0) is 12.8. The lowest BCUT2D eigenvalue weighted by Crippen LogP contribution is -2.33. The third-order valence-electron chi connectivity index (χ3n) is 2.67. The molecule has 0 aliphatic carbocycles. The van der Waals surface area contributed by atoms with Gasteiger partial charge in [0.2, 0.25) is 0 Å². The minimum Gasteiger partial charge on any atom is -0.351 e. The van der Waals surface area contributed by atoms with Gasteiger partial charge in [-0.25, -0.2) is 0 Å². The molecule has 0 aliphatic heterocycles. The van der Waals surface area contributed by atoms with E-state index in [1.807, 2.05) is 32.0 Å². The first-order valence-electron chi connectivity index (χ1n) is 5.77. The summed E-state index contributed by atoms with van der Waals surface area (Å²) in [5.41, 5.74) is 2.86. The van der Waals surface area contributed by atoms with Crippen molar-refractivity contribution in [2.45, 2.75) is 26.7 Å². The van der Waals surface area contributed by atoms with Gasteiger partial charge in [0, 0.05) is 12.7 Å². The van der Waals surface area contributed by atoms with E-state index in [-0.39, 0.29) is 0 Å². The Morgan fingerprint density at radius 3 is 2.00 bits per heavy atom. The average Bonchev–Trinajstić information content (AvgIpc) is 2.37. The normalized spacial score (nSPS) is 9.82. The molecule has 2 N–H and O–H groups in total. The summed E-state index contributed by atoms with van der Waals surface area (Å²) in [7, 11) is 1.44. The van der Waals surface area contributed by atoms with Crippen LogP contribution in [0.15, 0.2) is 18.2 Å². The molecule has 1 aromatic rings. The predicted octanol–water partition coefficient (Wildman–Crippen LogP) is 1.50. The first kappa shape index (κ1) is 13.2. The van der Waals surface area contributed by atoms with E-state index in [9.17, 15) is 9.59 Å². The minimum atomic E-state index is -0.627. The lowest BCUT2D eigenvalue weighted by molar-refractivity contribution is -0.135. The molecule has 0 unspecified atom stereocenters. The lowest BCUT2D eigenvalue weighted by Gasteiger charge is -2.13. The molecular formula is C13H18N2O2. The number of carbonyl (C=O) groups excluding carboxylic acids is 2. The van der Waals surface area contributed by atoms with Crippen molar-refractivity contribution in [1.82, 2.24) is 5.32 Å². The number of aryl methyl sites for hydroxylation is 2. The fraction of sp³-hybridized carbons (Fsp3) is 0.385. The fourth-order valence-electron chi connectivity index (χ4n) is 1.69. The molecule has 0 atom stereocenters. The van der Waals surface area contributed by atoms with Gasteiger partial charge in [0.1, 0.15) is 0 Å². The van der Waals surface area contributed by atoms with E-state index >= 15 is 0 Å². The third kappa shape index (κ3) is 3.06. The Kier molecular flexibility index (Phi) is 4.69. The highest BCUT2D eigenvalue weighted by Gasteiger charge is 2.15. The summed E-state index contributed by atoms with van der Waals surface area (Å²) in [6.07, 6.45) is 1.63. The van der Waals surface area contributed by atoms with E-state index in [2.05, 4.69) is 10.6 Å². The molecule has 1 aromatic carbocycles. The summed E-state index contributed by atoms with van der Waals surface area (Å²) in [5, 5.41) is 4.99. The van der Waals surface area contributed by atoms with Gasteiger partial charge in [-0.1, -0.05) is 32.0 Å². The number of carbonyl (C=O) groups is 2. The molecule has 17 heavy (non-hydrogen) atoms. The van der Waals surface area contributed by atoms with Crippen molar-refractivity contribution in [2.24, 2.45) is 0 Å². The number of hydrogen-bond acceptors (Lipinski definition) is 2. The van der Waals surface area contributed by atoms with Gasteiger partial charge in [-0.05, 0) is 24.0 Å². The van der Waals surface area contributed by atoms with E-state index in [1.54, 1.807) is 0 Å². The van der Waals surface area contributed by atoms with Gasteiger partial charge >= 0.3 is 11.8 Å². The highest BCUT2D eigenvalue weighted by atomic mass is 16.2. The van der Waals surface area contributed by atoms with Crippen LogP contribution in [0.4, 0.5) is 5.69 Å². The Balaban J connectivity index is 3.03. The molecule has 0 aromatic heterocycles. The van der Waals surface area contributed by atoms with Crippen LogP contribution in [0, 0.1) is 0 Å². The van der Waals surface area contributed by atoms with Crippen LogP contribution in [0.5, 0.6) is 0 Å². The van der Waals surface area contributed by atoms with Crippen molar-refractivity contribution in [2.75, 3.05) is 12.4 Å². The van der Waals surface area contributed by atoms with Gasteiger partial charge in [-0.3, -0.25) is 9.59 Å². The highest BCUT2D eigenvalue weighted by molar-refractivity contribution is 6.39. The molecule has 1 rings (SSSR count). The Bertz CT molecular complexity index is 405. The molecule has 92 valence electrons. The summed E-state index contributed by atoms with van der Waals surface area (Å²) < 4.78 is 0.